The number of nitrogens with zero attached hydrogens (tertiary/aromatic N) is 2. The summed E-state index contributed by atoms with van der Waals surface area (Å²) < 4.78 is 0. The van der Waals surface area contributed by atoms with E-state index in [0.29, 0.717) is 11.4 Å². The van der Waals surface area contributed by atoms with Gasteiger partial charge in [-0.1, -0.05) is 15.9 Å². The molecule has 0 aromatic rings. The van der Waals surface area contributed by atoms with Crippen molar-refractivity contribution in [2.24, 2.45) is 0 Å². The van der Waals surface area contributed by atoms with Crippen molar-refractivity contribution in [2.75, 3.05) is 31.5 Å². The normalized spacial score (nSPS) is 22.4. The Balaban J connectivity index is 1.85. The Labute approximate surface area is 103 Å². The maximum absolute atomic E-state index is 11.5. The molecule has 0 spiro atoms. The topological polar surface area (TPSA) is 52.7 Å². The highest BCUT2D eigenvalue weighted by Crippen LogP contribution is 2.18. The number of nitrogens with one attached hydrogen (secondary N) is 1. The molecular weight excluding hydrogens is 274 g/mol. The van der Waals surface area contributed by atoms with Gasteiger partial charge >= 0.3 is 6.03 Å². The van der Waals surface area contributed by atoms with Crippen molar-refractivity contribution in [3.05, 3.63) is 0 Å². The Morgan fingerprint density at radius 3 is 2.56 bits per heavy atom. The van der Waals surface area contributed by atoms with Crippen LogP contribution in [0.15, 0.2) is 0 Å². The Morgan fingerprint density at radius 2 is 2.06 bits per heavy atom. The molecule has 0 aromatic carbocycles. The standard InChI is InChI=1S/C10H16BrN3O2/c11-7-9(15)13-4-1-8(2-5-13)14-6-3-12-10(14)16/h8H,1-7H2,(H,12,16). The van der Waals surface area contributed by atoms with E-state index in [2.05, 4.69) is 21.2 Å². The Morgan fingerprint density at radius 1 is 1.38 bits per heavy atom. The molecule has 2 heterocycles. The third-order valence-electron chi connectivity index (χ3n) is 3.26. The Kier molecular flexibility index (Phi) is 3.68. The van der Waals surface area contributed by atoms with Gasteiger partial charge in [0.25, 0.3) is 0 Å². The van der Waals surface area contributed by atoms with Crippen molar-refractivity contribution in [2.45, 2.75) is 18.9 Å². The van der Waals surface area contributed by atoms with Gasteiger partial charge in [-0.15, -0.1) is 0 Å². The number of hydrogen-bond donors (Lipinski definition) is 1. The highest BCUT2D eigenvalue weighted by atomic mass is 79.9. The zero-order valence-electron chi connectivity index (χ0n) is 9.12. The lowest BCUT2D eigenvalue weighted by Crippen LogP contribution is -2.48. The average molecular weight is 290 g/mol. The molecule has 90 valence electrons. The van der Waals surface area contributed by atoms with Gasteiger partial charge in [-0.05, 0) is 12.8 Å². The fraction of sp³-hybridized carbons (Fsp3) is 0.800. The molecule has 16 heavy (non-hydrogen) atoms. The summed E-state index contributed by atoms with van der Waals surface area (Å²) in [4.78, 5) is 26.7. The smallest absolute Gasteiger partial charge is 0.317 e. The second-order valence-electron chi connectivity index (χ2n) is 4.17. The summed E-state index contributed by atoms with van der Waals surface area (Å²) >= 11 is 3.18. The fourth-order valence-electron chi connectivity index (χ4n) is 2.35. The van der Waals surface area contributed by atoms with Gasteiger partial charge in [0, 0.05) is 32.2 Å². The number of alkyl halides is 1. The van der Waals surface area contributed by atoms with Crippen LogP contribution >= 0.6 is 15.9 Å². The van der Waals surface area contributed by atoms with Gasteiger partial charge in [0.2, 0.25) is 5.91 Å². The molecule has 5 nitrogen and oxygen atoms in total. The largest absolute Gasteiger partial charge is 0.342 e. The van der Waals surface area contributed by atoms with Crippen LogP contribution in [0.4, 0.5) is 4.79 Å². The number of carbonyl (C=O) groups excluding carboxylic acids is 2. The zero-order valence-corrected chi connectivity index (χ0v) is 10.7. The molecule has 2 rings (SSSR count). The van der Waals surface area contributed by atoms with Crippen molar-refractivity contribution >= 4 is 27.9 Å². The minimum Gasteiger partial charge on any atom is -0.342 e. The first kappa shape index (κ1) is 11.7. The molecule has 0 unspecified atom stereocenters. The highest BCUT2D eigenvalue weighted by Gasteiger charge is 2.31. The first-order valence-electron chi connectivity index (χ1n) is 5.60. The van der Waals surface area contributed by atoms with Crippen molar-refractivity contribution < 1.29 is 9.59 Å². The number of halogens is 1. The second kappa shape index (κ2) is 5.03. The predicted octanol–water partition coefficient (Wildman–Crippen LogP) is 0.398. The maximum Gasteiger partial charge on any atom is 0.317 e. The predicted molar refractivity (Wildman–Crippen MR) is 63.5 cm³/mol. The van der Waals surface area contributed by atoms with Gasteiger partial charge in [-0.3, -0.25) is 4.79 Å². The van der Waals surface area contributed by atoms with Crippen LogP contribution < -0.4 is 5.32 Å². The van der Waals surface area contributed by atoms with Crippen molar-refractivity contribution in [3.63, 3.8) is 0 Å². The van der Waals surface area contributed by atoms with Crippen LogP contribution in [0.1, 0.15) is 12.8 Å². The molecule has 0 radical (unpaired) electrons. The SMILES string of the molecule is O=C(CBr)N1CCC(N2CCNC2=O)CC1. The molecule has 1 N–H and O–H groups in total. The molecule has 0 aliphatic carbocycles. The van der Waals surface area contributed by atoms with Crippen LogP contribution in [0.5, 0.6) is 0 Å². The summed E-state index contributed by atoms with van der Waals surface area (Å²) in [6.07, 6.45) is 1.79. The third-order valence-corrected chi connectivity index (χ3v) is 3.74. The Bertz CT molecular complexity index is 290. The van der Waals surface area contributed by atoms with Gasteiger partial charge in [0.05, 0.1) is 5.33 Å². The van der Waals surface area contributed by atoms with E-state index < -0.39 is 0 Å². The highest BCUT2D eigenvalue weighted by molar-refractivity contribution is 9.09. The molecule has 0 saturated carbocycles. The lowest BCUT2D eigenvalue weighted by Gasteiger charge is -2.35. The van der Waals surface area contributed by atoms with E-state index in [9.17, 15) is 9.59 Å². The lowest BCUT2D eigenvalue weighted by molar-refractivity contribution is -0.129. The summed E-state index contributed by atoms with van der Waals surface area (Å²) in [7, 11) is 0. The first-order valence-corrected chi connectivity index (χ1v) is 6.72. The molecule has 0 bridgehead atoms. The number of likely N-dealkylation sites (tertiary alicyclic amines) is 1. The van der Waals surface area contributed by atoms with Gasteiger partial charge in [0.15, 0.2) is 0 Å². The van der Waals surface area contributed by atoms with E-state index >= 15 is 0 Å². The first-order chi connectivity index (χ1) is 7.72. The Hall–Kier alpha value is -0.780. The van der Waals surface area contributed by atoms with Crippen molar-refractivity contribution in [3.8, 4) is 0 Å². The second-order valence-corrected chi connectivity index (χ2v) is 4.73. The lowest BCUT2D eigenvalue weighted by atomic mass is 10.0. The zero-order chi connectivity index (χ0) is 11.5. The molecule has 0 aromatic heterocycles. The molecule has 3 amide bonds. The van der Waals surface area contributed by atoms with Gasteiger partial charge in [0.1, 0.15) is 0 Å². The van der Waals surface area contributed by atoms with Crippen molar-refractivity contribution in [1.29, 1.82) is 0 Å². The van der Waals surface area contributed by atoms with E-state index in [1.807, 2.05) is 9.80 Å². The summed E-state index contributed by atoms with van der Waals surface area (Å²) in [5.74, 6) is 0.143. The number of rotatable bonds is 2. The average Bonchev–Trinajstić information content (AvgIpc) is 2.75. The van der Waals surface area contributed by atoms with Crippen LogP contribution in [-0.4, -0.2) is 59.3 Å². The minimum atomic E-state index is 0.0465. The van der Waals surface area contributed by atoms with Crippen LogP contribution in [0.2, 0.25) is 0 Å². The number of hydrogen-bond acceptors (Lipinski definition) is 2. The number of urea groups is 1. The van der Waals surface area contributed by atoms with E-state index in [-0.39, 0.29) is 11.9 Å². The molecule has 6 heteroatoms. The van der Waals surface area contributed by atoms with Crippen LogP contribution in [0.25, 0.3) is 0 Å². The summed E-state index contributed by atoms with van der Waals surface area (Å²) in [5.41, 5.74) is 0. The fourth-order valence-corrected chi connectivity index (χ4v) is 2.70. The van der Waals surface area contributed by atoms with E-state index in [1.165, 1.54) is 0 Å². The third kappa shape index (κ3) is 2.31. The quantitative estimate of drug-likeness (QED) is 0.748. The van der Waals surface area contributed by atoms with Crippen LogP contribution in [-0.2, 0) is 4.79 Å². The molecule has 2 aliphatic rings. The summed E-state index contributed by atoms with van der Waals surface area (Å²) in [6, 6.07) is 0.354. The van der Waals surface area contributed by atoms with Gasteiger partial charge in [-0.25, -0.2) is 4.79 Å². The van der Waals surface area contributed by atoms with E-state index in [4.69, 9.17) is 0 Å². The van der Waals surface area contributed by atoms with E-state index in [0.717, 1.165) is 39.0 Å². The number of amides is 3. The minimum absolute atomic E-state index is 0.0465. The summed E-state index contributed by atoms with van der Waals surface area (Å²) in [5, 5.41) is 3.20. The van der Waals surface area contributed by atoms with Crippen LogP contribution in [0, 0.1) is 0 Å². The summed E-state index contributed by atoms with van der Waals surface area (Å²) in [6.45, 7) is 3.08. The van der Waals surface area contributed by atoms with Gasteiger partial charge in [-0.2, -0.15) is 0 Å². The van der Waals surface area contributed by atoms with Crippen molar-refractivity contribution in [1.82, 2.24) is 15.1 Å². The maximum atomic E-state index is 11.5. The number of carbonyl (C=O) groups is 2. The number of piperidine rings is 1. The molecule has 2 saturated heterocycles. The molecular formula is C10H16BrN3O2. The molecule has 0 atom stereocenters. The monoisotopic (exact) mass is 289 g/mol. The molecule has 2 fully saturated rings. The molecule has 2 aliphatic heterocycles. The van der Waals surface area contributed by atoms with Gasteiger partial charge < -0.3 is 15.1 Å². The van der Waals surface area contributed by atoms with E-state index in [1.54, 1.807) is 0 Å². The van der Waals surface area contributed by atoms with Crippen LogP contribution in [0.3, 0.4) is 0 Å².